The summed E-state index contributed by atoms with van der Waals surface area (Å²) in [6, 6.07) is 5.37. The maximum absolute atomic E-state index is 13.5. The summed E-state index contributed by atoms with van der Waals surface area (Å²) in [5.41, 5.74) is -0.234. The zero-order valence-electron chi connectivity index (χ0n) is 9.25. The van der Waals surface area contributed by atoms with Crippen molar-refractivity contribution in [2.24, 2.45) is 0 Å². The van der Waals surface area contributed by atoms with Crippen molar-refractivity contribution >= 4 is 0 Å². The standard InChI is InChI=1S/C13H5F4NO/c14-8-1-2-12(9(15)5-8)19-13-10(16)3-7(6-18)4-11(13)17/h1-5H. The molecule has 0 heterocycles. The molecule has 0 atom stereocenters. The van der Waals surface area contributed by atoms with Crippen molar-refractivity contribution in [1.29, 1.82) is 5.26 Å². The molecule has 96 valence electrons. The lowest BCUT2D eigenvalue weighted by molar-refractivity contribution is 0.385. The molecule has 0 aromatic heterocycles. The van der Waals surface area contributed by atoms with E-state index in [4.69, 9.17) is 10.00 Å². The van der Waals surface area contributed by atoms with Crippen LogP contribution in [0, 0.1) is 34.6 Å². The van der Waals surface area contributed by atoms with Gasteiger partial charge in [0.05, 0.1) is 11.6 Å². The molecule has 0 aliphatic carbocycles. The molecule has 0 N–H and O–H groups in total. The minimum absolute atomic E-state index is 0.234. The van der Waals surface area contributed by atoms with Crippen LogP contribution in [0.4, 0.5) is 17.6 Å². The number of nitriles is 1. The Labute approximate surface area is 105 Å². The largest absolute Gasteiger partial charge is 0.448 e. The van der Waals surface area contributed by atoms with Crippen molar-refractivity contribution in [2.75, 3.05) is 0 Å². The number of hydrogen-bond acceptors (Lipinski definition) is 2. The fraction of sp³-hybridized carbons (Fsp3) is 0. The van der Waals surface area contributed by atoms with Crippen LogP contribution in [0.25, 0.3) is 0 Å². The molecule has 0 saturated carbocycles. The van der Waals surface area contributed by atoms with Gasteiger partial charge in [-0.05, 0) is 24.3 Å². The maximum atomic E-state index is 13.5. The molecule has 2 aromatic carbocycles. The molecule has 0 fully saturated rings. The Kier molecular flexibility index (Phi) is 3.38. The highest BCUT2D eigenvalue weighted by atomic mass is 19.1. The van der Waals surface area contributed by atoms with Gasteiger partial charge in [0.2, 0.25) is 0 Å². The lowest BCUT2D eigenvalue weighted by Gasteiger charge is -2.09. The quantitative estimate of drug-likeness (QED) is 0.773. The van der Waals surface area contributed by atoms with Gasteiger partial charge in [-0.3, -0.25) is 0 Å². The molecule has 0 amide bonds. The predicted octanol–water partition coefficient (Wildman–Crippen LogP) is 3.91. The van der Waals surface area contributed by atoms with Gasteiger partial charge in [0, 0.05) is 6.07 Å². The number of hydrogen-bond donors (Lipinski definition) is 0. The van der Waals surface area contributed by atoms with Crippen LogP contribution in [0.1, 0.15) is 5.56 Å². The smallest absolute Gasteiger partial charge is 0.198 e. The maximum Gasteiger partial charge on any atom is 0.198 e. The van der Waals surface area contributed by atoms with E-state index in [1.54, 1.807) is 6.07 Å². The molecule has 2 rings (SSSR count). The van der Waals surface area contributed by atoms with Crippen LogP contribution >= 0.6 is 0 Å². The third-order valence-electron chi connectivity index (χ3n) is 2.23. The monoisotopic (exact) mass is 267 g/mol. The van der Waals surface area contributed by atoms with Crippen molar-refractivity contribution in [3.63, 3.8) is 0 Å². The Morgan fingerprint density at radius 2 is 1.53 bits per heavy atom. The Hall–Kier alpha value is -2.55. The van der Waals surface area contributed by atoms with E-state index < -0.39 is 34.8 Å². The Balaban J connectivity index is 2.41. The van der Waals surface area contributed by atoms with E-state index in [1.165, 1.54) is 0 Å². The van der Waals surface area contributed by atoms with Crippen LogP contribution in [0.15, 0.2) is 30.3 Å². The summed E-state index contributed by atoms with van der Waals surface area (Å²) in [6.45, 7) is 0. The van der Waals surface area contributed by atoms with Gasteiger partial charge < -0.3 is 4.74 Å². The summed E-state index contributed by atoms with van der Waals surface area (Å²) < 4.78 is 57.6. The highest BCUT2D eigenvalue weighted by Crippen LogP contribution is 2.30. The summed E-state index contributed by atoms with van der Waals surface area (Å²) in [5.74, 6) is -5.62. The first-order chi connectivity index (χ1) is 9.01. The number of benzene rings is 2. The third-order valence-corrected chi connectivity index (χ3v) is 2.23. The number of rotatable bonds is 2. The second-order valence-corrected chi connectivity index (χ2v) is 3.56. The lowest BCUT2D eigenvalue weighted by atomic mass is 10.2. The molecular weight excluding hydrogens is 262 g/mol. The third kappa shape index (κ3) is 2.65. The molecule has 0 bridgehead atoms. The van der Waals surface area contributed by atoms with Gasteiger partial charge in [-0.1, -0.05) is 0 Å². The molecule has 6 heteroatoms. The van der Waals surface area contributed by atoms with Gasteiger partial charge in [-0.15, -0.1) is 0 Å². The summed E-state index contributed by atoms with van der Waals surface area (Å²) >= 11 is 0. The zero-order chi connectivity index (χ0) is 14.0. The number of nitrogens with zero attached hydrogens (tertiary/aromatic N) is 1. The van der Waals surface area contributed by atoms with E-state index >= 15 is 0 Å². The minimum Gasteiger partial charge on any atom is -0.448 e. The van der Waals surface area contributed by atoms with Crippen LogP contribution in [0.3, 0.4) is 0 Å². The first-order valence-corrected chi connectivity index (χ1v) is 5.03. The summed E-state index contributed by atoms with van der Waals surface area (Å²) in [6.07, 6.45) is 0. The van der Waals surface area contributed by atoms with Gasteiger partial charge in [-0.25, -0.2) is 17.6 Å². The highest BCUT2D eigenvalue weighted by Gasteiger charge is 2.16. The fourth-order valence-electron chi connectivity index (χ4n) is 1.39. The molecule has 0 unspecified atom stereocenters. The van der Waals surface area contributed by atoms with Crippen molar-refractivity contribution < 1.29 is 22.3 Å². The van der Waals surface area contributed by atoms with E-state index in [9.17, 15) is 17.6 Å². The van der Waals surface area contributed by atoms with E-state index in [0.717, 1.165) is 24.3 Å². The first-order valence-electron chi connectivity index (χ1n) is 5.03. The lowest BCUT2D eigenvalue weighted by Crippen LogP contribution is -1.96. The highest BCUT2D eigenvalue weighted by molar-refractivity contribution is 5.40. The average molecular weight is 267 g/mol. The molecule has 0 aliphatic rings. The molecule has 19 heavy (non-hydrogen) atoms. The average Bonchev–Trinajstić information content (AvgIpc) is 2.35. The van der Waals surface area contributed by atoms with Gasteiger partial charge in [0.1, 0.15) is 5.82 Å². The predicted molar refractivity (Wildman–Crippen MR) is 57.5 cm³/mol. The van der Waals surface area contributed by atoms with Crippen molar-refractivity contribution in [1.82, 2.24) is 0 Å². The Bertz CT molecular complexity index is 656. The van der Waals surface area contributed by atoms with Crippen LogP contribution in [0.5, 0.6) is 11.5 Å². The summed E-state index contributed by atoms with van der Waals surface area (Å²) in [4.78, 5) is 0. The molecule has 0 radical (unpaired) electrons. The van der Waals surface area contributed by atoms with E-state index in [1.807, 2.05) is 0 Å². The van der Waals surface area contributed by atoms with Crippen molar-refractivity contribution in [3.05, 3.63) is 59.2 Å². The van der Waals surface area contributed by atoms with Crippen LogP contribution in [-0.4, -0.2) is 0 Å². The number of halogens is 4. The second-order valence-electron chi connectivity index (χ2n) is 3.56. The molecular formula is C13H5F4NO. The van der Waals surface area contributed by atoms with Crippen LogP contribution in [-0.2, 0) is 0 Å². The number of ether oxygens (including phenoxy) is 1. The van der Waals surface area contributed by atoms with Crippen LogP contribution < -0.4 is 4.74 Å². The second kappa shape index (κ2) is 4.98. The van der Waals surface area contributed by atoms with Crippen molar-refractivity contribution in [3.8, 4) is 17.6 Å². The normalized spacial score (nSPS) is 10.1. The van der Waals surface area contributed by atoms with Crippen molar-refractivity contribution in [2.45, 2.75) is 0 Å². The SMILES string of the molecule is N#Cc1cc(F)c(Oc2ccc(F)cc2F)c(F)c1. The van der Waals surface area contributed by atoms with E-state index in [0.29, 0.717) is 6.07 Å². The van der Waals surface area contributed by atoms with Gasteiger partial charge >= 0.3 is 0 Å². The summed E-state index contributed by atoms with van der Waals surface area (Å²) in [7, 11) is 0. The molecule has 0 spiro atoms. The molecule has 2 nitrogen and oxygen atoms in total. The van der Waals surface area contributed by atoms with E-state index in [2.05, 4.69) is 0 Å². The zero-order valence-corrected chi connectivity index (χ0v) is 9.25. The topological polar surface area (TPSA) is 33.0 Å². The van der Waals surface area contributed by atoms with Gasteiger partial charge in [-0.2, -0.15) is 5.26 Å². The minimum atomic E-state index is -1.15. The van der Waals surface area contributed by atoms with Gasteiger partial charge in [0.15, 0.2) is 29.0 Å². The van der Waals surface area contributed by atoms with E-state index in [-0.39, 0.29) is 5.56 Å². The molecule has 0 aliphatic heterocycles. The first kappa shape index (κ1) is 12.9. The molecule has 0 saturated heterocycles. The Morgan fingerprint density at radius 3 is 2.05 bits per heavy atom. The fourth-order valence-corrected chi connectivity index (χ4v) is 1.39. The summed E-state index contributed by atoms with van der Waals surface area (Å²) in [5, 5.41) is 8.52. The van der Waals surface area contributed by atoms with Crippen LogP contribution in [0.2, 0.25) is 0 Å². The van der Waals surface area contributed by atoms with Gasteiger partial charge in [0.25, 0.3) is 0 Å². The molecule has 2 aromatic rings. The Morgan fingerprint density at radius 1 is 0.895 bits per heavy atom.